The number of likely N-dealkylation sites (tertiary alicyclic amines) is 1. The van der Waals surface area contributed by atoms with Crippen molar-refractivity contribution in [1.82, 2.24) is 4.90 Å². The maximum Gasteiger partial charge on any atom is 0.309 e. The van der Waals surface area contributed by atoms with Crippen LogP contribution in [0.3, 0.4) is 0 Å². The third kappa shape index (κ3) is 2.03. The molecule has 0 aromatic carbocycles. The average molecular weight is 211 g/mol. The molecule has 86 valence electrons. The topological polar surface area (TPSA) is 40.5 Å². The van der Waals surface area contributed by atoms with Crippen molar-refractivity contribution in [1.29, 1.82) is 0 Å². The van der Waals surface area contributed by atoms with Crippen LogP contribution in [0.25, 0.3) is 0 Å². The molecule has 2 fully saturated rings. The van der Waals surface area contributed by atoms with Gasteiger partial charge in [-0.05, 0) is 51.6 Å². The van der Waals surface area contributed by atoms with Crippen molar-refractivity contribution in [2.45, 2.75) is 45.6 Å². The van der Waals surface area contributed by atoms with Gasteiger partial charge in [0.2, 0.25) is 0 Å². The van der Waals surface area contributed by atoms with Crippen LogP contribution in [0.5, 0.6) is 0 Å². The van der Waals surface area contributed by atoms with Crippen LogP contribution in [0.1, 0.15) is 39.5 Å². The highest BCUT2D eigenvalue weighted by Gasteiger charge is 2.40. The van der Waals surface area contributed by atoms with Gasteiger partial charge in [-0.15, -0.1) is 0 Å². The first-order valence-electron chi connectivity index (χ1n) is 5.99. The summed E-state index contributed by atoms with van der Waals surface area (Å²) < 4.78 is 0. The molecule has 2 aliphatic rings. The largest absolute Gasteiger partial charge is 0.481 e. The van der Waals surface area contributed by atoms with Crippen molar-refractivity contribution in [2.24, 2.45) is 11.3 Å². The zero-order valence-electron chi connectivity index (χ0n) is 9.70. The first-order valence-corrected chi connectivity index (χ1v) is 5.99. The summed E-state index contributed by atoms with van der Waals surface area (Å²) in [6.07, 6.45) is 4.24. The van der Waals surface area contributed by atoms with Crippen molar-refractivity contribution in [3.05, 3.63) is 0 Å². The summed E-state index contributed by atoms with van der Waals surface area (Å²) in [7, 11) is 0. The molecule has 0 aromatic heterocycles. The van der Waals surface area contributed by atoms with E-state index in [9.17, 15) is 4.79 Å². The molecular formula is C12H21NO2. The molecule has 0 amide bonds. The van der Waals surface area contributed by atoms with Gasteiger partial charge in [0.25, 0.3) is 0 Å². The predicted molar refractivity (Wildman–Crippen MR) is 58.7 cm³/mol. The fourth-order valence-corrected chi connectivity index (χ4v) is 2.75. The number of aliphatic carboxylic acids is 1. The molecule has 1 N–H and O–H groups in total. The molecule has 0 bridgehead atoms. The van der Waals surface area contributed by atoms with Gasteiger partial charge in [-0.25, -0.2) is 0 Å². The number of nitrogens with zero attached hydrogens (tertiary/aromatic N) is 1. The van der Waals surface area contributed by atoms with Crippen molar-refractivity contribution < 1.29 is 9.90 Å². The van der Waals surface area contributed by atoms with E-state index in [1.165, 1.54) is 12.8 Å². The number of rotatable bonds is 2. The standard InChI is InChI=1S/C12H21NO2/c1-9-7-10(8-9)13-5-3-12(2,4-6-13)11(14)15/h9-10H,3-8H2,1-2H3,(H,14,15). The van der Waals surface area contributed by atoms with Gasteiger partial charge in [-0.1, -0.05) is 6.92 Å². The smallest absolute Gasteiger partial charge is 0.309 e. The van der Waals surface area contributed by atoms with E-state index < -0.39 is 11.4 Å². The molecule has 1 saturated heterocycles. The normalized spacial score (nSPS) is 35.9. The van der Waals surface area contributed by atoms with Gasteiger partial charge in [-0.2, -0.15) is 0 Å². The van der Waals surface area contributed by atoms with Crippen LogP contribution < -0.4 is 0 Å². The lowest BCUT2D eigenvalue weighted by Crippen LogP contribution is -2.50. The Morgan fingerprint density at radius 1 is 1.33 bits per heavy atom. The molecule has 1 saturated carbocycles. The highest BCUT2D eigenvalue weighted by Crippen LogP contribution is 2.37. The molecule has 15 heavy (non-hydrogen) atoms. The van der Waals surface area contributed by atoms with E-state index in [2.05, 4.69) is 11.8 Å². The average Bonchev–Trinajstić information content (AvgIpc) is 2.15. The third-order valence-electron chi connectivity index (χ3n) is 4.28. The Kier molecular flexibility index (Phi) is 2.75. The Balaban J connectivity index is 1.84. The minimum Gasteiger partial charge on any atom is -0.481 e. The summed E-state index contributed by atoms with van der Waals surface area (Å²) in [5.74, 6) is 0.256. The number of carboxylic acid groups (broad SMARTS) is 1. The summed E-state index contributed by atoms with van der Waals surface area (Å²) >= 11 is 0. The molecule has 3 heteroatoms. The first kappa shape index (κ1) is 10.9. The summed E-state index contributed by atoms with van der Waals surface area (Å²) in [4.78, 5) is 13.6. The van der Waals surface area contributed by atoms with Gasteiger partial charge < -0.3 is 10.0 Å². The zero-order valence-corrected chi connectivity index (χ0v) is 9.70. The zero-order chi connectivity index (χ0) is 11.1. The van der Waals surface area contributed by atoms with Gasteiger partial charge in [0.05, 0.1) is 5.41 Å². The van der Waals surface area contributed by atoms with Crippen molar-refractivity contribution in [2.75, 3.05) is 13.1 Å². The number of carbonyl (C=O) groups is 1. The molecule has 0 aromatic rings. The summed E-state index contributed by atoms with van der Waals surface area (Å²) in [5, 5.41) is 9.12. The Morgan fingerprint density at radius 2 is 1.87 bits per heavy atom. The van der Waals surface area contributed by atoms with E-state index in [-0.39, 0.29) is 0 Å². The fourth-order valence-electron chi connectivity index (χ4n) is 2.75. The van der Waals surface area contributed by atoms with Crippen molar-refractivity contribution >= 4 is 5.97 Å². The van der Waals surface area contributed by atoms with Crippen molar-refractivity contribution in [3.63, 3.8) is 0 Å². The molecule has 1 heterocycles. The van der Waals surface area contributed by atoms with Gasteiger partial charge in [0.1, 0.15) is 0 Å². The molecule has 1 aliphatic heterocycles. The molecule has 0 atom stereocenters. The van der Waals surface area contributed by atoms with E-state index in [1.807, 2.05) is 6.92 Å². The van der Waals surface area contributed by atoms with Crippen LogP contribution in [-0.2, 0) is 4.79 Å². The minimum atomic E-state index is -0.621. The lowest BCUT2D eigenvalue weighted by molar-refractivity contribution is -0.151. The van der Waals surface area contributed by atoms with E-state index in [0.29, 0.717) is 0 Å². The lowest BCUT2D eigenvalue weighted by Gasteiger charge is -2.46. The molecular weight excluding hydrogens is 190 g/mol. The fraction of sp³-hybridized carbons (Fsp3) is 0.917. The predicted octanol–water partition coefficient (Wildman–Crippen LogP) is 1.97. The van der Waals surface area contributed by atoms with Crippen LogP contribution in [0.15, 0.2) is 0 Å². The summed E-state index contributed by atoms with van der Waals surface area (Å²) in [5.41, 5.74) is -0.466. The van der Waals surface area contributed by atoms with E-state index in [0.717, 1.165) is 37.9 Å². The molecule has 2 rings (SSSR count). The van der Waals surface area contributed by atoms with Gasteiger partial charge in [-0.3, -0.25) is 4.79 Å². The molecule has 0 spiro atoms. The Bertz CT molecular complexity index is 250. The number of carboxylic acids is 1. The van der Waals surface area contributed by atoms with Crippen LogP contribution >= 0.6 is 0 Å². The minimum absolute atomic E-state index is 0.466. The number of hydrogen-bond donors (Lipinski definition) is 1. The quantitative estimate of drug-likeness (QED) is 0.759. The van der Waals surface area contributed by atoms with Crippen LogP contribution in [0, 0.1) is 11.3 Å². The Morgan fingerprint density at radius 3 is 2.27 bits per heavy atom. The second kappa shape index (κ2) is 3.78. The van der Waals surface area contributed by atoms with E-state index in [4.69, 9.17) is 5.11 Å². The number of piperidine rings is 1. The molecule has 0 unspecified atom stereocenters. The van der Waals surface area contributed by atoms with Gasteiger partial charge in [0, 0.05) is 6.04 Å². The van der Waals surface area contributed by atoms with Crippen LogP contribution in [0.2, 0.25) is 0 Å². The Hall–Kier alpha value is -0.570. The second-order valence-corrected chi connectivity index (χ2v) is 5.63. The number of hydrogen-bond acceptors (Lipinski definition) is 2. The van der Waals surface area contributed by atoms with Crippen molar-refractivity contribution in [3.8, 4) is 0 Å². The van der Waals surface area contributed by atoms with E-state index in [1.54, 1.807) is 0 Å². The molecule has 1 aliphatic carbocycles. The first-order chi connectivity index (χ1) is 7.01. The van der Waals surface area contributed by atoms with Gasteiger partial charge in [0.15, 0.2) is 0 Å². The summed E-state index contributed by atoms with van der Waals surface area (Å²) in [6, 6.07) is 0.748. The third-order valence-corrected chi connectivity index (χ3v) is 4.28. The maximum atomic E-state index is 11.1. The molecule has 0 radical (unpaired) electrons. The van der Waals surface area contributed by atoms with Crippen LogP contribution in [-0.4, -0.2) is 35.1 Å². The highest BCUT2D eigenvalue weighted by molar-refractivity contribution is 5.74. The highest BCUT2D eigenvalue weighted by atomic mass is 16.4. The molecule has 3 nitrogen and oxygen atoms in total. The Labute approximate surface area is 91.5 Å². The monoisotopic (exact) mass is 211 g/mol. The second-order valence-electron chi connectivity index (χ2n) is 5.63. The summed E-state index contributed by atoms with van der Waals surface area (Å²) in [6.45, 7) is 6.12. The van der Waals surface area contributed by atoms with Crippen LogP contribution in [0.4, 0.5) is 0 Å². The lowest BCUT2D eigenvalue weighted by atomic mass is 9.76. The maximum absolute atomic E-state index is 11.1. The SMILES string of the molecule is CC1CC(N2CCC(C)(C(=O)O)CC2)C1. The van der Waals surface area contributed by atoms with E-state index >= 15 is 0 Å². The van der Waals surface area contributed by atoms with Gasteiger partial charge >= 0.3 is 5.97 Å².